The zero-order chi connectivity index (χ0) is 22.1. The zero-order valence-corrected chi connectivity index (χ0v) is 18.8. The molecule has 3 aromatic rings. The van der Waals surface area contributed by atoms with Gasteiger partial charge in [0.1, 0.15) is 4.83 Å². The molecule has 1 aromatic carbocycles. The number of carbonyl (C=O) groups is 2. The van der Waals surface area contributed by atoms with Crippen molar-refractivity contribution in [2.75, 3.05) is 32.8 Å². The molecule has 0 unspecified atom stereocenters. The second-order valence-electron chi connectivity index (χ2n) is 7.95. The van der Waals surface area contributed by atoms with Crippen molar-refractivity contribution in [3.05, 3.63) is 51.9 Å². The van der Waals surface area contributed by atoms with Gasteiger partial charge in [0.15, 0.2) is 0 Å². The monoisotopic (exact) mass is 474 g/mol. The fourth-order valence-electron chi connectivity index (χ4n) is 4.29. The predicted molar refractivity (Wildman–Crippen MR) is 122 cm³/mol. The number of nitrogens with zero attached hydrogens (tertiary/aromatic N) is 1. The third-order valence-electron chi connectivity index (χ3n) is 5.78. The summed E-state index contributed by atoms with van der Waals surface area (Å²) in [5.41, 5.74) is 2.12. The second-order valence-corrected chi connectivity index (χ2v) is 9.63. The quantitative estimate of drug-likeness (QED) is 0.528. The number of amides is 2. The van der Waals surface area contributed by atoms with Gasteiger partial charge in [0.05, 0.1) is 36.2 Å². The summed E-state index contributed by atoms with van der Waals surface area (Å²) in [6.07, 6.45) is 0.0404. The average Bonchev–Trinajstić information content (AvgIpc) is 3.40. The zero-order valence-electron chi connectivity index (χ0n) is 17.2. The van der Waals surface area contributed by atoms with E-state index in [0.29, 0.717) is 36.4 Å². The highest BCUT2D eigenvalue weighted by Crippen LogP contribution is 2.33. The summed E-state index contributed by atoms with van der Waals surface area (Å²) in [5.74, 6) is 0.277. The van der Waals surface area contributed by atoms with Crippen LogP contribution in [0.15, 0.2) is 36.4 Å². The molecule has 1 aliphatic carbocycles. The fraction of sp³-hybridized carbons (Fsp3) is 0.364. The number of fused-ring (bicyclic) bond motifs is 2. The van der Waals surface area contributed by atoms with Gasteiger partial charge in [-0.1, -0.05) is 35.9 Å². The molecule has 1 aliphatic heterocycles. The Morgan fingerprint density at radius 3 is 2.84 bits per heavy atom. The van der Waals surface area contributed by atoms with Crippen LogP contribution in [0.5, 0.6) is 5.88 Å². The summed E-state index contributed by atoms with van der Waals surface area (Å²) < 4.78 is 11.5. The van der Waals surface area contributed by atoms with Crippen LogP contribution in [0.25, 0.3) is 10.2 Å². The van der Waals surface area contributed by atoms with Gasteiger partial charge in [-0.2, -0.15) is 0 Å². The van der Waals surface area contributed by atoms with Gasteiger partial charge in [-0.3, -0.25) is 9.69 Å². The average molecular weight is 475 g/mol. The van der Waals surface area contributed by atoms with Crippen LogP contribution in [-0.4, -0.2) is 60.8 Å². The van der Waals surface area contributed by atoms with E-state index >= 15 is 0 Å². The summed E-state index contributed by atoms with van der Waals surface area (Å²) in [6, 6.07) is 10.8. The lowest BCUT2D eigenvalue weighted by Gasteiger charge is -2.28. The van der Waals surface area contributed by atoms with Crippen molar-refractivity contribution in [2.45, 2.75) is 18.5 Å². The lowest BCUT2D eigenvalue weighted by atomic mass is 10.1. The third-order valence-corrected chi connectivity index (χ3v) is 6.98. The normalized spacial score (nSPS) is 20.8. The van der Waals surface area contributed by atoms with Crippen molar-refractivity contribution in [3.8, 4) is 5.88 Å². The lowest BCUT2D eigenvalue weighted by molar-refractivity contribution is -0.124. The number of ether oxygens (including phenoxy) is 2. The van der Waals surface area contributed by atoms with E-state index in [-0.39, 0.29) is 18.0 Å². The van der Waals surface area contributed by atoms with Crippen LogP contribution >= 0.6 is 22.9 Å². The minimum absolute atomic E-state index is 0.0738. The Morgan fingerprint density at radius 2 is 2.03 bits per heavy atom. The molecule has 2 atom stereocenters. The first-order valence-electron chi connectivity index (χ1n) is 10.5. The maximum absolute atomic E-state index is 12.7. The number of morpholine rings is 1. The van der Waals surface area contributed by atoms with Crippen LogP contribution in [0.4, 0.5) is 4.79 Å². The fourth-order valence-corrected chi connectivity index (χ4v) is 5.41. The van der Waals surface area contributed by atoms with Crippen LogP contribution in [0, 0.1) is 0 Å². The van der Waals surface area contributed by atoms with Crippen molar-refractivity contribution in [1.29, 1.82) is 0 Å². The second kappa shape index (κ2) is 9.11. The summed E-state index contributed by atoms with van der Waals surface area (Å²) in [4.78, 5) is 31.3. The van der Waals surface area contributed by atoms with Gasteiger partial charge in [0, 0.05) is 24.5 Å². The number of hydrogen-bond donors (Lipinski definition) is 3. The molecule has 0 bridgehead atoms. The van der Waals surface area contributed by atoms with Crippen LogP contribution in [0.3, 0.4) is 0 Å². The molecule has 3 heterocycles. The van der Waals surface area contributed by atoms with Crippen LogP contribution < -0.4 is 15.4 Å². The number of aromatic amines is 1. The largest absolute Gasteiger partial charge is 0.414 e. The van der Waals surface area contributed by atoms with E-state index < -0.39 is 6.09 Å². The van der Waals surface area contributed by atoms with Gasteiger partial charge < -0.3 is 25.1 Å². The highest BCUT2D eigenvalue weighted by molar-refractivity contribution is 7.22. The Labute approximate surface area is 193 Å². The van der Waals surface area contributed by atoms with E-state index in [0.717, 1.165) is 34.4 Å². The van der Waals surface area contributed by atoms with Gasteiger partial charge in [0.25, 0.3) is 0 Å². The first-order chi connectivity index (χ1) is 15.5. The van der Waals surface area contributed by atoms with Crippen LogP contribution in [-0.2, 0) is 16.0 Å². The van der Waals surface area contributed by atoms with E-state index in [9.17, 15) is 9.59 Å². The SMILES string of the molecule is O=C(CN1CCOCC1)N[C@@H]1c2ccccc2C[C@H]1NC(=O)Oc1cc2cc(Cl)sc2[nH]1. The number of H-pyrrole nitrogens is 1. The number of thiophene rings is 1. The Kier molecular flexibility index (Phi) is 6.05. The minimum Gasteiger partial charge on any atom is -0.393 e. The van der Waals surface area contributed by atoms with E-state index in [4.69, 9.17) is 21.1 Å². The molecule has 2 aliphatic rings. The topological polar surface area (TPSA) is 95.7 Å². The third kappa shape index (κ3) is 4.61. The Morgan fingerprint density at radius 1 is 1.22 bits per heavy atom. The number of halogens is 1. The summed E-state index contributed by atoms with van der Waals surface area (Å²) in [6.45, 7) is 3.06. The summed E-state index contributed by atoms with van der Waals surface area (Å²) in [7, 11) is 0. The summed E-state index contributed by atoms with van der Waals surface area (Å²) in [5, 5.41) is 6.93. The molecule has 1 fully saturated rings. The number of nitrogens with one attached hydrogen (secondary N) is 3. The summed E-state index contributed by atoms with van der Waals surface area (Å²) >= 11 is 7.38. The van der Waals surface area contributed by atoms with E-state index in [2.05, 4.69) is 20.5 Å². The molecule has 8 nitrogen and oxygen atoms in total. The molecule has 0 saturated carbocycles. The van der Waals surface area contributed by atoms with Gasteiger partial charge in [-0.15, -0.1) is 11.3 Å². The Bertz CT molecular complexity index is 1110. The van der Waals surface area contributed by atoms with Crippen molar-refractivity contribution in [1.82, 2.24) is 20.5 Å². The maximum atomic E-state index is 12.7. The first kappa shape index (κ1) is 21.3. The number of rotatable bonds is 5. The van der Waals surface area contributed by atoms with E-state index in [1.807, 2.05) is 30.3 Å². The molecule has 0 spiro atoms. The Balaban J connectivity index is 1.25. The van der Waals surface area contributed by atoms with Crippen molar-refractivity contribution >= 4 is 45.2 Å². The highest BCUT2D eigenvalue weighted by Gasteiger charge is 2.35. The molecule has 5 rings (SSSR count). The highest BCUT2D eigenvalue weighted by atomic mass is 35.5. The van der Waals surface area contributed by atoms with Gasteiger partial charge in [-0.05, 0) is 23.6 Å². The molecule has 2 amide bonds. The molecular weight excluding hydrogens is 452 g/mol. The molecular formula is C22H23ClN4O4S. The van der Waals surface area contributed by atoms with Crippen LogP contribution in [0.2, 0.25) is 4.34 Å². The molecule has 1 saturated heterocycles. The Hall–Kier alpha value is -2.59. The molecule has 0 radical (unpaired) electrons. The van der Waals surface area contributed by atoms with E-state index in [1.54, 1.807) is 6.07 Å². The molecule has 2 aromatic heterocycles. The number of hydrogen-bond acceptors (Lipinski definition) is 6. The van der Waals surface area contributed by atoms with Crippen molar-refractivity contribution < 1.29 is 19.1 Å². The number of benzene rings is 1. The maximum Gasteiger partial charge on any atom is 0.414 e. The number of aromatic nitrogens is 1. The molecule has 10 heteroatoms. The van der Waals surface area contributed by atoms with Gasteiger partial charge in [0.2, 0.25) is 11.8 Å². The van der Waals surface area contributed by atoms with Crippen molar-refractivity contribution in [3.63, 3.8) is 0 Å². The van der Waals surface area contributed by atoms with Gasteiger partial charge >= 0.3 is 6.09 Å². The standard InChI is InChI=1S/C22H23ClN4O4S/c23-17-10-14-11-19(26-21(14)32-17)31-22(29)24-16-9-13-3-1-2-4-15(13)20(16)25-18(28)12-27-5-7-30-8-6-27/h1-4,10-11,16,20,26H,5-9,12H2,(H,24,29)(H,25,28)/t16-,20-/m1/s1. The minimum atomic E-state index is -0.574. The van der Waals surface area contributed by atoms with Gasteiger partial charge in [-0.25, -0.2) is 4.79 Å². The predicted octanol–water partition coefficient (Wildman–Crippen LogP) is 3.09. The van der Waals surface area contributed by atoms with E-state index in [1.165, 1.54) is 11.3 Å². The lowest BCUT2D eigenvalue weighted by Crippen LogP contribution is -2.48. The smallest absolute Gasteiger partial charge is 0.393 e. The van der Waals surface area contributed by atoms with Crippen molar-refractivity contribution in [2.24, 2.45) is 0 Å². The van der Waals surface area contributed by atoms with Crippen LogP contribution in [0.1, 0.15) is 17.2 Å². The molecule has 32 heavy (non-hydrogen) atoms. The number of carbonyl (C=O) groups excluding carboxylic acids is 2. The first-order valence-corrected chi connectivity index (χ1v) is 11.7. The molecule has 3 N–H and O–H groups in total. The molecule has 168 valence electrons.